The first-order chi connectivity index (χ1) is 8.89. The van der Waals surface area contributed by atoms with Gasteiger partial charge >= 0.3 is 0 Å². The molecule has 0 unspecified atom stereocenters. The van der Waals surface area contributed by atoms with Gasteiger partial charge in [0, 0.05) is 32.7 Å². The summed E-state index contributed by atoms with van der Waals surface area (Å²) in [5.41, 5.74) is -0.656. The predicted octanol–water partition coefficient (Wildman–Crippen LogP) is 1.18. The highest BCUT2D eigenvalue weighted by atomic mass is 35.5. The number of piperazine rings is 1. The van der Waals surface area contributed by atoms with Gasteiger partial charge in [-0.05, 0) is 13.8 Å². The summed E-state index contributed by atoms with van der Waals surface area (Å²) in [5.74, 6) is 0. The van der Waals surface area contributed by atoms with E-state index in [1.165, 1.54) is 11.3 Å². The number of nitrogens with zero attached hydrogens (tertiary/aromatic N) is 3. The lowest BCUT2D eigenvalue weighted by Gasteiger charge is -2.37. The number of halogens is 1. The molecule has 1 aliphatic rings. The zero-order valence-corrected chi connectivity index (χ0v) is 12.8. The van der Waals surface area contributed by atoms with Gasteiger partial charge < -0.3 is 15.1 Å². The molecule has 0 aliphatic carbocycles. The first kappa shape index (κ1) is 15.0. The molecule has 5 nitrogen and oxygen atoms in total. The maximum atomic E-state index is 9.81. The SMILES string of the molecule is CC(C)(O)CN1CCN(c2nc(Cl)c(CO)s2)CC1. The monoisotopic (exact) mass is 305 g/mol. The van der Waals surface area contributed by atoms with E-state index in [0.29, 0.717) is 11.7 Å². The average Bonchev–Trinajstić information content (AvgIpc) is 2.69. The van der Waals surface area contributed by atoms with Crippen molar-refractivity contribution in [3.05, 3.63) is 10.0 Å². The van der Waals surface area contributed by atoms with Gasteiger partial charge in [0.05, 0.1) is 17.1 Å². The first-order valence-electron chi connectivity index (χ1n) is 6.35. The lowest BCUT2D eigenvalue weighted by Crippen LogP contribution is -2.50. The topological polar surface area (TPSA) is 59.8 Å². The van der Waals surface area contributed by atoms with Crippen LogP contribution in [0.25, 0.3) is 0 Å². The molecule has 0 saturated carbocycles. The molecule has 1 saturated heterocycles. The minimum Gasteiger partial charge on any atom is -0.391 e. The van der Waals surface area contributed by atoms with Gasteiger partial charge in [-0.25, -0.2) is 4.98 Å². The molecule has 1 aromatic rings. The molecule has 2 N–H and O–H groups in total. The van der Waals surface area contributed by atoms with Crippen LogP contribution >= 0.6 is 22.9 Å². The average molecular weight is 306 g/mol. The van der Waals surface area contributed by atoms with Crippen LogP contribution in [0.4, 0.5) is 5.13 Å². The fourth-order valence-electron chi connectivity index (χ4n) is 2.20. The second-order valence-electron chi connectivity index (χ2n) is 5.44. The molecular weight excluding hydrogens is 286 g/mol. The minimum atomic E-state index is -0.656. The van der Waals surface area contributed by atoms with E-state index < -0.39 is 5.60 Å². The molecule has 0 radical (unpaired) electrons. The summed E-state index contributed by atoms with van der Waals surface area (Å²) in [6.45, 7) is 7.80. The van der Waals surface area contributed by atoms with E-state index in [9.17, 15) is 5.11 Å². The molecule has 1 fully saturated rings. The van der Waals surface area contributed by atoms with Gasteiger partial charge in [-0.15, -0.1) is 0 Å². The number of anilines is 1. The summed E-state index contributed by atoms with van der Waals surface area (Å²) in [7, 11) is 0. The molecule has 2 heterocycles. The van der Waals surface area contributed by atoms with Crippen molar-refractivity contribution in [1.82, 2.24) is 9.88 Å². The van der Waals surface area contributed by atoms with Gasteiger partial charge in [0.1, 0.15) is 5.15 Å². The van der Waals surface area contributed by atoms with E-state index >= 15 is 0 Å². The molecule has 0 bridgehead atoms. The van der Waals surface area contributed by atoms with Crippen molar-refractivity contribution < 1.29 is 10.2 Å². The summed E-state index contributed by atoms with van der Waals surface area (Å²) in [4.78, 5) is 9.43. The number of rotatable bonds is 4. The van der Waals surface area contributed by atoms with Crippen LogP contribution in [0, 0.1) is 0 Å². The molecular formula is C12H20ClN3O2S. The van der Waals surface area contributed by atoms with Gasteiger partial charge in [-0.2, -0.15) is 0 Å². The highest BCUT2D eigenvalue weighted by Crippen LogP contribution is 2.30. The lowest BCUT2D eigenvalue weighted by atomic mass is 10.1. The third-order valence-electron chi connectivity index (χ3n) is 3.04. The van der Waals surface area contributed by atoms with Crippen LogP contribution in [0.3, 0.4) is 0 Å². The fraction of sp³-hybridized carbons (Fsp3) is 0.750. The Bertz CT molecular complexity index is 425. The highest BCUT2D eigenvalue weighted by Gasteiger charge is 2.24. The van der Waals surface area contributed by atoms with Gasteiger partial charge in [-0.3, -0.25) is 4.90 Å². The zero-order chi connectivity index (χ0) is 14.0. The number of aromatic nitrogens is 1. The van der Waals surface area contributed by atoms with E-state index in [-0.39, 0.29) is 6.61 Å². The van der Waals surface area contributed by atoms with Crippen molar-refractivity contribution >= 4 is 28.1 Å². The Morgan fingerprint density at radius 3 is 2.42 bits per heavy atom. The van der Waals surface area contributed by atoms with E-state index in [1.807, 2.05) is 13.8 Å². The van der Waals surface area contributed by atoms with Crippen LogP contribution in [0.5, 0.6) is 0 Å². The predicted molar refractivity (Wildman–Crippen MR) is 78.0 cm³/mol. The largest absolute Gasteiger partial charge is 0.391 e. The second kappa shape index (κ2) is 5.93. The Kier molecular flexibility index (Phi) is 4.68. The van der Waals surface area contributed by atoms with E-state index in [2.05, 4.69) is 14.8 Å². The van der Waals surface area contributed by atoms with E-state index in [4.69, 9.17) is 16.7 Å². The molecule has 0 amide bonds. The standard InChI is InChI=1S/C12H20ClN3O2S/c1-12(2,18)8-15-3-5-16(6-4-15)11-14-10(13)9(7-17)19-11/h17-18H,3-8H2,1-2H3. The van der Waals surface area contributed by atoms with Gasteiger partial charge in [0.2, 0.25) is 0 Å². The molecule has 2 rings (SSSR count). The van der Waals surface area contributed by atoms with Gasteiger partial charge in [0.25, 0.3) is 0 Å². The number of thiazole rings is 1. The smallest absolute Gasteiger partial charge is 0.187 e. The molecule has 0 aromatic carbocycles. The van der Waals surface area contributed by atoms with Crippen LogP contribution in [0.15, 0.2) is 0 Å². The van der Waals surface area contributed by atoms with Crippen LogP contribution in [0.2, 0.25) is 5.15 Å². The fourth-order valence-corrected chi connectivity index (χ4v) is 3.37. The van der Waals surface area contributed by atoms with Crippen molar-refractivity contribution in [3.63, 3.8) is 0 Å². The first-order valence-corrected chi connectivity index (χ1v) is 7.54. The molecule has 0 atom stereocenters. The Labute approximate surface area is 122 Å². The number of hydrogen-bond acceptors (Lipinski definition) is 6. The molecule has 1 aliphatic heterocycles. The third kappa shape index (κ3) is 4.03. The summed E-state index contributed by atoms with van der Waals surface area (Å²) in [6.07, 6.45) is 0. The van der Waals surface area contributed by atoms with Crippen molar-refractivity contribution in [2.24, 2.45) is 0 Å². The second-order valence-corrected chi connectivity index (χ2v) is 6.86. The van der Waals surface area contributed by atoms with Crippen LogP contribution < -0.4 is 4.90 Å². The normalized spacial score (nSPS) is 18.1. The van der Waals surface area contributed by atoms with Crippen LogP contribution in [0.1, 0.15) is 18.7 Å². The van der Waals surface area contributed by atoms with E-state index in [0.717, 1.165) is 36.2 Å². The van der Waals surface area contributed by atoms with E-state index in [1.54, 1.807) is 0 Å². The lowest BCUT2D eigenvalue weighted by molar-refractivity contribution is 0.0345. The maximum Gasteiger partial charge on any atom is 0.187 e. The zero-order valence-electron chi connectivity index (χ0n) is 11.3. The minimum absolute atomic E-state index is 0.0604. The molecule has 7 heteroatoms. The summed E-state index contributed by atoms with van der Waals surface area (Å²) in [6, 6.07) is 0. The Balaban J connectivity index is 1.92. The van der Waals surface area contributed by atoms with Gasteiger partial charge in [0.15, 0.2) is 5.13 Å². The highest BCUT2D eigenvalue weighted by molar-refractivity contribution is 7.16. The van der Waals surface area contributed by atoms with Crippen LogP contribution in [-0.2, 0) is 6.61 Å². The van der Waals surface area contributed by atoms with Crippen molar-refractivity contribution in [2.45, 2.75) is 26.1 Å². The van der Waals surface area contributed by atoms with Crippen molar-refractivity contribution in [2.75, 3.05) is 37.6 Å². The van der Waals surface area contributed by atoms with Crippen LogP contribution in [-0.4, -0.2) is 58.4 Å². The Morgan fingerprint density at radius 1 is 1.32 bits per heavy atom. The summed E-state index contributed by atoms with van der Waals surface area (Å²) < 4.78 is 0. The molecule has 19 heavy (non-hydrogen) atoms. The quantitative estimate of drug-likeness (QED) is 0.875. The number of aliphatic hydroxyl groups is 2. The molecule has 0 spiro atoms. The summed E-state index contributed by atoms with van der Waals surface area (Å²) >= 11 is 7.39. The van der Waals surface area contributed by atoms with Crippen molar-refractivity contribution in [1.29, 1.82) is 0 Å². The Hall–Kier alpha value is -0.400. The number of β-amino-alcohol motifs (C(OH)–C–C–N with tert-alkyl or cyclic N) is 1. The summed E-state index contributed by atoms with van der Waals surface area (Å²) in [5, 5.41) is 20.2. The Morgan fingerprint density at radius 2 is 1.95 bits per heavy atom. The maximum absolute atomic E-state index is 9.81. The third-order valence-corrected chi connectivity index (χ3v) is 4.56. The molecule has 108 valence electrons. The van der Waals surface area contributed by atoms with Gasteiger partial charge in [-0.1, -0.05) is 22.9 Å². The number of aliphatic hydroxyl groups excluding tert-OH is 1. The number of hydrogen-bond donors (Lipinski definition) is 2. The molecule has 1 aromatic heterocycles. The van der Waals surface area contributed by atoms with Crippen molar-refractivity contribution in [3.8, 4) is 0 Å².